The summed E-state index contributed by atoms with van der Waals surface area (Å²) in [6.07, 6.45) is 0. The number of amides is 1. The highest BCUT2D eigenvalue weighted by atomic mass is 16.5. The van der Waals surface area contributed by atoms with Gasteiger partial charge in [-0.25, -0.2) is 4.68 Å². The Kier molecular flexibility index (Phi) is 5.65. The topological polar surface area (TPSA) is 91.2 Å². The zero-order valence-corrected chi connectivity index (χ0v) is 15.4. The fourth-order valence-electron chi connectivity index (χ4n) is 2.50. The number of anilines is 1. The highest BCUT2D eigenvalue weighted by Gasteiger charge is 2.11. The van der Waals surface area contributed by atoms with Gasteiger partial charge in [0.25, 0.3) is 5.91 Å². The second kappa shape index (κ2) is 8.31. The number of benzene rings is 2. The normalized spacial score (nSPS) is 10.7. The summed E-state index contributed by atoms with van der Waals surface area (Å²) in [6, 6.07) is 14.3. The van der Waals surface area contributed by atoms with Crippen LogP contribution in [0.2, 0.25) is 0 Å². The number of rotatable bonds is 7. The van der Waals surface area contributed by atoms with E-state index in [9.17, 15) is 4.79 Å². The summed E-state index contributed by atoms with van der Waals surface area (Å²) in [5.74, 6) is 1.65. The van der Waals surface area contributed by atoms with E-state index in [4.69, 9.17) is 9.47 Å². The van der Waals surface area contributed by atoms with Crippen LogP contribution in [0.1, 0.15) is 36.1 Å². The van der Waals surface area contributed by atoms with Crippen molar-refractivity contribution in [2.75, 3.05) is 12.4 Å². The lowest BCUT2D eigenvalue weighted by Gasteiger charge is -2.11. The number of carbonyl (C=O) groups excluding carboxylic acids is 1. The van der Waals surface area contributed by atoms with Gasteiger partial charge in [-0.2, -0.15) is 0 Å². The van der Waals surface area contributed by atoms with Gasteiger partial charge in [-0.15, -0.1) is 5.10 Å². The molecule has 8 nitrogen and oxygen atoms in total. The molecule has 0 spiro atoms. The Labute approximate surface area is 157 Å². The first-order valence-electron chi connectivity index (χ1n) is 8.52. The van der Waals surface area contributed by atoms with Gasteiger partial charge in [0.2, 0.25) is 0 Å². The van der Waals surface area contributed by atoms with Crippen molar-refractivity contribution in [1.82, 2.24) is 20.2 Å². The molecule has 1 aromatic heterocycles. The van der Waals surface area contributed by atoms with Crippen molar-refractivity contribution in [2.24, 2.45) is 0 Å². The molecule has 0 fully saturated rings. The van der Waals surface area contributed by atoms with Crippen LogP contribution in [0, 0.1) is 0 Å². The summed E-state index contributed by atoms with van der Waals surface area (Å²) >= 11 is 0. The molecular formula is C19H21N5O3. The van der Waals surface area contributed by atoms with Crippen molar-refractivity contribution in [3.05, 3.63) is 59.9 Å². The minimum Gasteiger partial charge on any atom is -0.495 e. The van der Waals surface area contributed by atoms with Crippen LogP contribution in [-0.4, -0.2) is 33.2 Å². The molecule has 0 radical (unpaired) electrons. The predicted molar refractivity (Wildman–Crippen MR) is 99.9 cm³/mol. The Morgan fingerprint density at radius 2 is 1.89 bits per heavy atom. The van der Waals surface area contributed by atoms with Gasteiger partial charge in [0.15, 0.2) is 5.82 Å². The molecule has 140 valence electrons. The second-order valence-corrected chi connectivity index (χ2v) is 6.10. The summed E-state index contributed by atoms with van der Waals surface area (Å²) in [6.45, 7) is 4.24. The van der Waals surface area contributed by atoms with E-state index in [1.807, 2.05) is 26.0 Å². The SMILES string of the molecule is COc1ccccc1NC(=O)c1ccc(OCc2nnnn2C(C)C)cc1. The number of hydrogen-bond donors (Lipinski definition) is 1. The molecule has 0 saturated carbocycles. The molecular weight excluding hydrogens is 346 g/mol. The van der Waals surface area contributed by atoms with E-state index >= 15 is 0 Å². The summed E-state index contributed by atoms with van der Waals surface area (Å²) < 4.78 is 12.7. The third kappa shape index (κ3) is 4.41. The highest BCUT2D eigenvalue weighted by molar-refractivity contribution is 6.05. The van der Waals surface area contributed by atoms with Gasteiger partial charge < -0.3 is 14.8 Å². The molecule has 0 bridgehead atoms. The van der Waals surface area contributed by atoms with E-state index in [2.05, 4.69) is 20.8 Å². The molecule has 1 N–H and O–H groups in total. The van der Waals surface area contributed by atoms with Crippen LogP contribution in [0.5, 0.6) is 11.5 Å². The van der Waals surface area contributed by atoms with Crippen molar-refractivity contribution < 1.29 is 14.3 Å². The van der Waals surface area contributed by atoms with Crippen LogP contribution in [0.25, 0.3) is 0 Å². The van der Waals surface area contributed by atoms with Gasteiger partial charge >= 0.3 is 0 Å². The van der Waals surface area contributed by atoms with Crippen molar-refractivity contribution >= 4 is 11.6 Å². The third-order valence-corrected chi connectivity index (χ3v) is 3.89. The van der Waals surface area contributed by atoms with Gasteiger partial charge in [-0.05, 0) is 60.7 Å². The van der Waals surface area contributed by atoms with Crippen LogP contribution < -0.4 is 14.8 Å². The Morgan fingerprint density at radius 3 is 2.59 bits per heavy atom. The van der Waals surface area contributed by atoms with Crippen LogP contribution in [0.15, 0.2) is 48.5 Å². The Hall–Kier alpha value is -3.42. The van der Waals surface area contributed by atoms with E-state index in [0.717, 1.165) is 0 Å². The molecule has 1 amide bonds. The highest BCUT2D eigenvalue weighted by Crippen LogP contribution is 2.24. The first-order valence-corrected chi connectivity index (χ1v) is 8.52. The maximum atomic E-state index is 12.4. The van der Waals surface area contributed by atoms with Crippen LogP contribution in [-0.2, 0) is 6.61 Å². The van der Waals surface area contributed by atoms with Crippen LogP contribution in [0.3, 0.4) is 0 Å². The number of methoxy groups -OCH3 is 1. The number of nitrogens with one attached hydrogen (secondary N) is 1. The summed E-state index contributed by atoms with van der Waals surface area (Å²) in [5, 5.41) is 14.4. The molecule has 0 aliphatic carbocycles. The lowest BCUT2D eigenvalue weighted by Crippen LogP contribution is -2.13. The van der Waals surface area contributed by atoms with Gasteiger partial charge in [-0.1, -0.05) is 12.1 Å². The van der Waals surface area contributed by atoms with Crippen molar-refractivity contribution in [2.45, 2.75) is 26.5 Å². The number of carbonyl (C=O) groups is 1. The number of para-hydroxylation sites is 2. The Morgan fingerprint density at radius 1 is 1.15 bits per heavy atom. The van der Waals surface area contributed by atoms with Gasteiger partial charge in [0.05, 0.1) is 18.8 Å². The molecule has 2 aromatic carbocycles. The van der Waals surface area contributed by atoms with E-state index in [1.54, 1.807) is 48.2 Å². The molecule has 0 unspecified atom stereocenters. The van der Waals surface area contributed by atoms with Gasteiger partial charge in [-0.3, -0.25) is 4.79 Å². The molecule has 8 heteroatoms. The van der Waals surface area contributed by atoms with E-state index < -0.39 is 0 Å². The first kappa shape index (κ1) is 18.4. The number of ether oxygens (including phenoxy) is 2. The number of hydrogen-bond acceptors (Lipinski definition) is 6. The molecule has 0 aliphatic rings. The lowest BCUT2D eigenvalue weighted by atomic mass is 10.2. The standard InChI is InChI=1S/C19H21N5O3/c1-13(2)24-18(21-22-23-24)12-27-15-10-8-14(9-11-15)19(25)20-16-6-4-5-7-17(16)26-3/h4-11,13H,12H2,1-3H3,(H,20,25). The average Bonchev–Trinajstić information content (AvgIpc) is 3.16. The van der Waals surface area contributed by atoms with Gasteiger partial charge in [0, 0.05) is 5.56 Å². The summed E-state index contributed by atoms with van der Waals surface area (Å²) in [4.78, 5) is 12.4. The second-order valence-electron chi connectivity index (χ2n) is 6.10. The van der Waals surface area contributed by atoms with Gasteiger partial charge in [0.1, 0.15) is 18.1 Å². The quantitative estimate of drug-likeness (QED) is 0.690. The van der Waals surface area contributed by atoms with E-state index in [1.165, 1.54) is 0 Å². The monoisotopic (exact) mass is 367 g/mol. The Bertz CT molecular complexity index is 906. The fraction of sp³-hybridized carbons (Fsp3) is 0.263. The first-order chi connectivity index (χ1) is 13.1. The smallest absolute Gasteiger partial charge is 0.255 e. The number of aromatic nitrogens is 4. The third-order valence-electron chi connectivity index (χ3n) is 3.89. The lowest BCUT2D eigenvalue weighted by molar-refractivity contribution is 0.102. The molecule has 3 rings (SSSR count). The van der Waals surface area contributed by atoms with Crippen molar-refractivity contribution in [3.63, 3.8) is 0 Å². The molecule has 27 heavy (non-hydrogen) atoms. The summed E-state index contributed by atoms with van der Waals surface area (Å²) in [7, 11) is 1.56. The largest absolute Gasteiger partial charge is 0.495 e. The van der Waals surface area contributed by atoms with Crippen molar-refractivity contribution in [1.29, 1.82) is 0 Å². The predicted octanol–water partition coefficient (Wildman–Crippen LogP) is 3.09. The molecule has 0 saturated heterocycles. The Balaban J connectivity index is 1.63. The minimum atomic E-state index is -0.227. The number of tetrazole rings is 1. The van der Waals surface area contributed by atoms with E-state index in [0.29, 0.717) is 28.6 Å². The van der Waals surface area contributed by atoms with Crippen molar-refractivity contribution in [3.8, 4) is 11.5 Å². The minimum absolute atomic E-state index is 0.152. The summed E-state index contributed by atoms with van der Waals surface area (Å²) in [5.41, 5.74) is 1.13. The number of nitrogens with zero attached hydrogens (tertiary/aromatic N) is 4. The molecule has 0 aliphatic heterocycles. The zero-order chi connectivity index (χ0) is 19.2. The molecule has 1 heterocycles. The van der Waals surface area contributed by atoms with Crippen LogP contribution in [0.4, 0.5) is 5.69 Å². The molecule has 3 aromatic rings. The van der Waals surface area contributed by atoms with E-state index in [-0.39, 0.29) is 18.6 Å². The average molecular weight is 367 g/mol. The maximum absolute atomic E-state index is 12.4. The maximum Gasteiger partial charge on any atom is 0.255 e. The molecule has 0 atom stereocenters. The fourth-order valence-corrected chi connectivity index (χ4v) is 2.50. The van der Waals surface area contributed by atoms with Crippen LogP contribution >= 0.6 is 0 Å². The zero-order valence-electron chi connectivity index (χ0n) is 15.4.